The second-order valence-corrected chi connectivity index (χ2v) is 5.68. The van der Waals surface area contributed by atoms with E-state index in [2.05, 4.69) is 35.8 Å². The van der Waals surface area contributed by atoms with Crippen molar-refractivity contribution in [3.63, 3.8) is 0 Å². The van der Waals surface area contributed by atoms with Gasteiger partial charge in [-0.25, -0.2) is 9.67 Å². The van der Waals surface area contributed by atoms with Crippen LogP contribution in [0.15, 0.2) is 35.9 Å². The first kappa shape index (κ1) is 12.1. The van der Waals surface area contributed by atoms with Gasteiger partial charge in [-0.1, -0.05) is 17.8 Å². The highest BCUT2D eigenvalue weighted by atomic mass is 32.2. The molecule has 2 aromatic heterocycles. The predicted molar refractivity (Wildman–Crippen MR) is 68.8 cm³/mol. The Bertz CT molecular complexity index is 473. The minimum Gasteiger partial charge on any atom is -0.260 e. The molecule has 0 unspecified atom stereocenters. The minimum absolute atomic E-state index is 0.0387. The molecule has 90 valence electrons. The monoisotopic (exact) mass is 248 g/mol. The molecular weight excluding hydrogens is 232 g/mol. The summed E-state index contributed by atoms with van der Waals surface area (Å²) in [5, 5.41) is 5.20. The Morgan fingerprint density at radius 3 is 2.71 bits per heavy atom. The highest BCUT2D eigenvalue weighted by Crippen LogP contribution is 2.24. The fourth-order valence-corrected chi connectivity index (χ4v) is 2.42. The molecule has 0 spiro atoms. The van der Waals surface area contributed by atoms with Gasteiger partial charge >= 0.3 is 0 Å². The molecule has 0 radical (unpaired) electrons. The number of hydrogen-bond donors (Lipinski definition) is 0. The largest absolute Gasteiger partial charge is 0.260 e. The molecular formula is C12H16N4S. The average Bonchev–Trinajstić information content (AvgIpc) is 2.75. The second kappa shape index (κ2) is 4.87. The van der Waals surface area contributed by atoms with E-state index in [4.69, 9.17) is 0 Å². The van der Waals surface area contributed by atoms with Gasteiger partial charge in [-0.05, 0) is 32.9 Å². The molecule has 2 aromatic rings. The molecule has 0 bridgehead atoms. The van der Waals surface area contributed by atoms with Crippen LogP contribution in [0.5, 0.6) is 0 Å². The lowest BCUT2D eigenvalue weighted by atomic mass is 10.1. The van der Waals surface area contributed by atoms with Crippen LogP contribution in [0.2, 0.25) is 0 Å². The van der Waals surface area contributed by atoms with Crippen molar-refractivity contribution >= 4 is 11.8 Å². The molecule has 0 N–H and O–H groups in total. The molecule has 0 aliphatic carbocycles. The van der Waals surface area contributed by atoms with Crippen molar-refractivity contribution in [2.75, 3.05) is 0 Å². The Labute approximate surface area is 105 Å². The molecule has 2 rings (SSSR count). The zero-order valence-corrected chi connectivity index (χ0v) is 11.1. The molecule has 0 atom stereocenters. The summed E-state index contributed by atoms with van der Waals surface area (Å²) in [6.45, 7) is 6.35. The Morgan fingerprint density at radius 1 is 1.24 bits per heavy atom. The molecule has 17 heavy (non-hydrogen) atoms. The van der Waals surface area contributed by atoms with Gasteiger partial charge in [-0.15, -0.1) is 0 Å². The second-order valence-electron chi connectivity index (χ2n) is 4.73. The Hall–Kier alpha value is -1.36. The summed E-state index contributed by atoms with van der Waals surface area (Å²) in [6.07, 6.45) is 3.41. The van der Waals surface area contributed by atoms with E-state index in [1.165, 1.54) is 0 Å². The maximum absolute atomic E-state index is 4.29. The molecule has 0 amide bonds. The van der Waals surface area contributed by atoms with Crippen LogP contribution in [0.25, 0.3) is 0 Å². The van der Waals surface area contributed by atoms with Gasteiger partial charge in [-0.2, -0.15) is 5.10 Å². The maximum Gasteiger partial charge on any atom is 0.186 e. The third-order valence-corrected chi connectivity index (χ3v) is 3.20. The third kappa shape index (κ3) is 3.06. The lowest BCUT2D eigenvalue weighted by Crippen LogP contribution is -2.24. The van der Waals surface area contributed by atoms with Gasteiger partial charge < -0.3 is 0 Å². The fraction of sp³-hybridized carbons (Fsp3) is 0.417. The zero-order valence-electron chi connectivity index (χ0n) is 10.3. The summed E-state index contributed by atoms with van der Waals surface area (Å²) in [7, 11) is 0. The molecule has 4 nitrogen and oxygen atoms in total. The van der Waals surface area contributed by atoms with Crippen LogP contribution < -0.4 is 0 Å². The maximum atomic E-state index is 4.29. The van der Waals surface area contributed by atoms with Gasteiger partial charge in [0.15, 0.2) is 5.16 Å². The quantitative estimate of drug-likeness (QED) is 0.783. The summed E-state index contributed by atoms with van der Waals surface area (Å²) < 4.78 is 1.95. The van der Waals surface area contributed by atoms with Crippen LogP contribution in [0.4, 0.5) is 0 Å². The molecule has 0 aliphatic heterocycles. The van der Waals surface area contributed by atoms with Crippen molar-refractivity contribution in [1.29, 1.82) is 0 Å². The standard InChI is InChI=1S/C12H16N4S/c1-12(2,3)16-11(14-9-15-16)17-8-10-6-4-5-7-13-10/h4-7,9H,8H2,1-3H3. The average molecular weight is 248 g/mol. The van der Waals surface area contributed by atoms with E-state index < -0.39 is 0 Å². The number of pyridine rings is 1. The number of aromatic nitrogens is 4. The van der Waals surface area contributed by atoms with Gasteiger partial charge in [0, 0.05) is 11.9 Å². The summed E-state index contributed by atoms with van der Waals surface area (Å²) >= 11 is 1.66. The highest BCUT2D eigenvalue weighted by Gasteiger charge is 2.18. The topological polar surface area (TPSA) is 43.6 Å². The van der Waals surface area contributed by atoms with Crippen LogP contribution >= 0.6 is 11.8 Å². The molecule has 0 fully saturated rings. The van der Waals surface area contributed by atoms with Crippen LogP contribution in [0.1, 0.15) is 26.5 Å². The first-order valence-corrected chi connectivity index (χ1v) is 6.49. The normalized spacial score (nSPS) is 11.7. The van der Waals surface area contributed by atoms with Crippen molar-refractivity contribution in [3.05, 3.63) is 36.4 Å². The number of nitrogens with zero attached hydrogens (tertiary/aromatic N) is 4. The van der Waals surface area contributed by atoms with Crippen molar-refractivity contribution in [2.45, 2.75) is 37.2 Å². The summed E-state index contributed by atoms with van der Waals surface area (Å²) in [6, 6.07) is 5.94. The predicted octanol–water partition coefficient (Wildman–Crippen LogP) is 2.72. The van der Waals surface area contributed by atoms with Crippen LogP contribution in [-0.2, 0) is 11.3 Å². The lowest BCUT2D eigenvalue weighted by molar-refractivity contribution is 0.326. The van der Waals surface area contributed by atoms with Gasteiger partial charge in [0.2, 0.25) is 0 Å². The van der Waals surface area contributed by atoms with Crippen LogP contribution in [0.3, 0.4) is 0 Å². The third-order valence-electron chi connectivity index (χ3n) is 2.23. The Balaban J connectivity index is 2.08. The van der Waals surface area contributed by atoms with E-state index in [1.807, 2.05) is 29.1 Å². The van der Waals surface area contributed by atoms with Gasteiger partial charge in [0.05, 0.1) is 11.2 Å². The van der Waals surface area contributed by atoms with E-state index >= 15 is 0 Å². The first-order chi connectivity index (χ1) is 8.07. The SMILES string of the molecule is CC(C)(C)n1ncnc1SCc1ccccn1. The van der Waals surface area contributed by atoms with Crippen molar-refractivity contribution in [1.82, 2.24) is 19.7 Å². The lowest BCUT2D eigenvalue weighted by Gasteiger charge is -2.20. The van der Waals surface area contributed by atoms with Gasteiger partial charge in [0.1, 0.15) is 6.33 Å². The summed E-state index contributed by atoms with van der Waals surface area (Å²) in [5.74, 6) is 0.815. The van der Waals surface area contributed by atoms with E-state index in [9.17, 15) is 0 Å². The van der Waals surface area contributed by atoms with E-state index in [-0.39, 0.29) is 5.54 Å². The minimum atomic E-state index is -0.0387. The first-order valence-electron chi connectivity index (χ1n) is 5.50. The number of rotatable bonds is 3. The molecule has 5 heteroatoms. The van der Waals surface area contributed by atoms with Crippen molar-refractivity contribution in [2.24, 2.45) is 0 Å². The Kier molecular flexibility index (Phi) is 3.47. The van der Waals surface area contributed by atoms with Crippen molar-refractivity contribution < 1.29 is 0 Å². The highest BCUT2D eigenvalue weighted by molar-refractivity contribution is 7.98. The van der Waals surface area contributed by atoms with Crippen LogP contribution in [-0.4, -0.2) is 19.7 Å². The van der Waals surface area contributed by atoms with E-state index in [1.54, 1.807) is 18.1 Å². The molecule has 0 aliphatic rings. The van der Waals surface area contributed by atoms with Crippen molar-refractivity contribution in [3.8, 4) is 0 Å². The smallest absolute Gasteiger partial charge is 0.186 e. The number of thioether (sulfide) groups is 1. The Morgan fingerprint density at radius 2 is 2.06 bits per heavy atom. The fourth-order valence-electron chi connectivity index (χ4n) is 1.41. The van der Waals surface area contributed by atoms with E-state index in [0.29, 0.717) is 0 Å². The zero-order chi connectivity index (χ0) is 12.3. The molecule has 0 aromatic carbocycles. The summed E-state index contributed by atoms with van der Waals surface area (Å²) in [5.41, 5.74) is 1.02. The van der Waals surface area contributed by atoms with Crippen LogP contribution in [0, 0.1) is 0 Å². The summed E-state index contributed by atoms with van der Waals surface area (Å²) in [4.78, 5) is 8.58. The van der Waals surface area contributed by atoms with Gasteiger partial charge in [-0.3, -0.25) is 4.98 Å². The molecule has 0 saturated carbocycles. The van der Waals surface area contributed by atoms with E-state index in [0.717, 1.165) is 16.6 Å². The van der Waals surface area contributed by atoms with Gasteiger partial charge in [0.25, 0.3) is 0 Å². The number of hydrogen-bond acceptors (Lipinski definition) is 4. The molecule has 0 saturated heterocycles. The molecule has 2 heterocycles.